The van der Waals surface area contributed by atoms with Crippen molar-refractivity contribution >= 4 is 52.4 Å². The summed E-state index contributed by atoms with van der Waals surface area (Å²) in [6, 6.07) is 6.40. The Morgan fingerprint density at radius 1 is 1.07 bits per heavy atom. The van der Waals surface area contributed by atoms with Crippen LogP contribution in [0, 0.1) is 13.8 Å². The van der Waals surface area contributed by atoms with Gasteiger partial charge in [0.1, 0.15) is 5.76 Å². The van der Waals surface area contributed by atoms with Crippen LogP contribution in [0.3, 0.4) is 0 Å². The number of likely N-dealkylation sites (N-methyl/N-ethyl adjacent to an activating group) is 1. The number of benzene rings is 1. The van der Waals surface area contributed by atoms with Gasteiger partial charge in [0.05, 0.1) is 23.5 Å². The molecule has 0 aliphatic carbocycles. The number of urea groups is 1. The monoisotopic (exact) mass is 547 g/mol. The summed E-state index contributed by atoms with van der Waals surface area (Å²) in [5.41, 5.74) is 5.15. The number of amides is 4. The lowest BCUT2D eigenvalue weighted by Crippen LogP contribution is -2.33. The van der Waals surface area contributed by atoms with E-state index >= 15 is 0 Å². The second-order valence-corrected chi connectivity index (χ2v) is 10.9. The molecule has 3 heterocycles. The molecular weight excluding hydrogens is 510 g/mol. The Morgan fingerprint density at radius 2 is 1.80 bits per heavy atom. The smallest absolute Gasteiger partial charge is 0.324 e. The van der Waals surface area contributed by atoms with Crippen molar-refractivity contribution in [2.45, 2.75) is 53.9 Å². The molecular formula is C29H37N7O4. The van der Waals surface area contributed by atoms with E-state index < -0.39 is 6.03 Å². The Kier molecular flexibility index (Phi) is 8.15. The predicted octanol–water partition coefficient (Wildman–Crippen LogP) is 5.33. The maximum Gasteiger partial charge on any atom is 0.324 e. The van der Waals surface area contributed by atoms with E-state index in [0.717, 1.165) is 35.7 Å². The summed E-state index contributed by atoms with van der Waals surface area (Å²) in [5, 5.41) is 15.2. The molecule has 3 aromatic rings. The van der Waals surface area contributed by atoms with Crippen LogP contribution in [-0.2, 0) is 15.0 Å². The third-order valence-electron chi connectivity index (χ3n) is 6.84. The highest BCUT2D eigenvalue weighted by Crippen LogP contribution is 2.36. The van der Waals surface area contributed by atoms with Gasteiger partial charge < -0.3 is 25.5 Å². The molecule has 4 rings (SSSR count). The molecule has 0 unspecified atom stereocenters. The number of hydrogen-bond acceptors (Lipinski definition) is 6. The molecule has 0 radical (unpaired) electrons. The van der Waals surface area contributed by atoms with E-state index in [0.29, 0.717) is 40.6 Å². The number of aromatic nitrogens is 2. The number of anilines is 4. The Morgan fingerprint density at radius 3 is 2.45 bits per heavy atom. The summed E-state index contributed by atoms with van der Waals surface area (Å²) in [7, 11) is 0. The van der Waals surface area contributed by atoms with Gasteiger partial charge in [-0.3, -0.25) is 19.8 Å². The van der Waals surface area contributed by atoms with Crippen molar-refractivity contribution in [3.63, 3.8) is 0 Å². The quantitative estimate of drug-likeness (QED) is 0.241. The molecule has 4 amide bonds. The summed E-state index contributed by atoms with van der Waals surface area (Å²) in [6.45, 7) is 15.7. The van der Waals surface area contributed by atoms with Crippen LogP contribution in [0.15, 0.2) is 28.8 Å². The average Bonchev–Trinajstić information content (AvgIpc) is 3.55. The number of aryl methyl sites for hydroxylation is 1. The lowest BCUT2D eigenvalue weighted by atomic mass is 9.93. The molecule has 1 aliphatic heterocycles. The second-order valence-electron chi connectivity index (χ2n) is 10.9. The van der Waals surface area contributed by atoms with Gasteiger partial charge in [0.25, 0.3) is 5.91 Å². The molecule has 0 fully saturated rings. The van der Waals surface area contributed by atoms with Crippen LogP contribution in [0.2, 0.25) is 0 Å². The van der Waals surface area contributed by atoms with Gasteiger partial charge in [0.2, 0.25) is 5.91 Å². The van der Waals surface area contributed by atoms with Crippen LogP contribution >= 0.6 is 0 Å². The number of H-pyrrole nitrogens is 1. The lowest BCUT2D eigenvalue weighted by Gasteiger charge is -2.17. The highest BCUT2D eigenvalue weighted by Gasteiger charge is 2.26. The van der Waals surface area contributed by atoms with E-state index in [2.05, 4.69) is 31.4 Å². The number of fused-ring (bicyclic) bond motifs is 1. The largest absolute Gasteiger partial charge is 0.359 e. The fourth-order valence-corrected chi connectivity index (χ4v) is 4.46. The number of nitrogens with one attached hydrogen (secondary N) is 5. The first kappa shape index (κ1) is 28.6. The highest BCUT2D eigenvalue weighted by molar-refractivity contribution is 6.35. The van der Waals surface area contributed by atoms with Gasteiger partial charge in [-0.25, -0.2) is 4.79 Å². The molecule has 11 nitrogen and oxygen atoms in total. The van der Waals surface area contributed by atoms with Crippen molar-refractivity contribution < 1.29 is 18.9 Å². The van der Waals surface area contributed by atoms with Crippen LogP contribution in [0.5, 0.6) is 0 Å². The molecule has 11 heteroatoms. The van der Waals surface area contributed by atoms with Crippen LogP contribution in [0.25, 0.3) is 11.6 Å². The molecule has 0 saturated carbocycles. The van der Waals surface area contributed by atoms with Crippen molar-refractivity contribution in [2.75, 3.05) is 40.9 Å². The molecule has 40 heavy (non-hydrogen) atoms. The standard InChI is InChI=1S/C29H37N7O4/c1-8-36(9-2)15-25(37)34-26-16(3)21(30-17(26)4)13-20-19-11-10-18(12-22(19)32-27(20)38)31-28(39)33-24-14-23(40-35-24)29(5,6)7/h10-14,30H,8-9,15H2,1-7H3,(H,32,38)(H,34,37)(H2,31,33,35,39)/b20-13-. The molecule has 212 valence electrons. The van der Waals surface area contributed by atoms with Crippen molar-refractivity contribution in [2.24, 2.45) is 0 Å². The molecule has 1 aromatic carbocycles. The van der Waals surface area contributed by atoms with Gasteiger partial charge in [-0.2, -0.15) is 0 Å². The number of hydrogen-bond donors (Lipinski definition) is 5. The van der Waals surface area contributed by atoms with Crippen molar-refractivity contribution in [1.29, 1.82) is 0 Å². The Bertz CT molecular complexity index is 1470. The topological polar surface area (TPSA) is 144 Å². The Labute approximate surface area is 233 Å². The number of aromatic amines is 1. The van der Waals surface area contributed by atoms with E-state index in [1.165, 1.54) is 0 Å². The van der Waals surface area contributed by atoms with Crippen molar-refractivity contribution in [3.05, 3.63) is 52.5 Å². The van der Waals surface area contributed by atoms with E-state index in [1.807, 2.05) is 53.4 Å². The average molecular weight is 548 g/mol. The number of nitrogens with zero attached hydrogens (tertiary/aromatic N) is 2. The summed E-state index contributed by atoms with van der Waals surface area (Å²) in [4.78, 5) is 43.3. The van der Waals surface area contributed by atoms with E-state index in [4.69, 9.17) is 4.52 Å². The zero-order valence-corrected chi connectivity index (χ0v) is 24.0. The first-order chi connectivity index (χ1) is 18.9. The number of carbonyl (C=O) groups excluding carboxylic acids is 3. The fourth-order valence-electron chi connectivity index (χ4n) is 4.46. The first-order valence-electron chi connectivity index (χ1n) is 13.3. The summed E-state index contributed by atoms with van der Waals surface area (Å²) in [6.07, 6.45) is 1.78. The van der Waals surface area contributed by atoms with Gasteiger partial charge in [0, 0.05) is 34.1 Å². The minimum absolute atomic E-state index is 0.0840. The molecule has 5 N–H and O–H groups in total. The van der Waals surface area contributed by atoms with Crippen LogP contribution in [0.1, 0.15) is 62.9 Å². The minimum atomic E-state index is -0.484. The van der Waals surface area contributed by atoms with Crippen molar-refractivity contribution in [3.8, 4) is 0 Å². The fraction of sp³-hybridized carbons (Fsp3) is 0.379. The third kappa shape index (κ3) is 6.26. The Balaban J connectivity index is 1.48. The Hall–Kier alpha value is -4.38. The zero-order chi connectivity index (χ0) is 29.2. The number of rotatable bonds is 8. The molecule has 0 saturated heterocycles. The van der Waals surface area contributed by atoms with Crippen molar-refractivity contribution in [1.82, 2.24) is 15.0 Å². The molecule has 0 spiro atoms. The van der Waals surface area contributed by atoms with Crippen LogP contribution in [-0.4, -0.2) is 52.5 Å². The third-order valence-corrected chi connectivity index (χ3v) is 6.84. The van der Waals surface area contributed by atoms with Gasteiger partial charge >= 0.3 is 6.03 Å². The van der Waals surface area contributed by atoms with Crippen LogP contribution in [0.4, 0.5) is 27.7 Å². The zero-order valence-electron chi connectivity index (χ0n) is 24.0. The van der Waals surface area contributed by atoms with Gasteiger partial charge in [-0.15, -0.1) is 0 Å². The van der Waals surface area contributed by atoms with E-state index in [-0.39, 0.29) is 17.2 Å². The maximum absolute atomic E-state index is 12.9. The van der Waals surface area contributed by atoms with E-state index in [1.54, 1.807) is 30.3 Å². The van der Waals surface area contributed by atoms with Gasteiger partial charge in [0.15, 0.2) is 5.82 Å². The van der Waals surface area contributed by atoms with Gasteiger partial charge in [-0.1, -0.05) is 45.8 Å². The van der Waals surface area contributed by atoms with E-state index in [9.17, 15) is 14.4 Å². The second kappa shape index (κ2) is 11.4. The number of carbonyl (C=O) groups is 3. The molecule has 0 atom stereocenters. The summed E-state index contributed by atoms with van der Waals surface area (Å²) < 4.78 is 5.30. The molecule has 1 aliphatic rings. The SMILES string of the molecule is CCN(CC)CC(=O)Nc1c(C)[nH]c(/C=C2\C(=O)Nc3cc(NC(=O)Nc4cc(C(C)(C)C)on4)ccc32)c1C. The first-order valence-corrected chi connectivity index (χ1v) is 13.3. The van der Waals surface area contributed by atoms with Gasteiger partial charge in [-0.05, 0) is 50.7 Å². The van der Waals surface area contributed by atoms with Crippen LogP contribution < -0.4 is 21.3 Å². The molecule has 2 aromatic heterocycles. The lowest BCUT2D eigenvalue weighted by molar-refractivity contribution is -0.117. The summed E-state index contributed by atoms with van der Waals surface area (Å²) in [5.74, 6) is 0.623. The summed E-state index contributed by atoms with van der Waals surface area (Å²) >= 11 is 0. The maximum atomic E-state index is 12.9. The predicted molar refractivity (Wildman–Crippen MR) is 157 cm³/mol. The highest BCUT2D eigenvalue weighted by atomic mass is 16.5. The normalized spacial score (nSPS) is 13.9. The molecule has 0 bridgehead atoms. The minimum Gasteiger partial charge on any atom is -0.359 e.